The first-order valence-electron chi connectivity index (χ1n) is 4.89. The molecular formula is C9H19N3O2. The van der Waals surface area contributed by atoms with Crippen molar-refractivity contribution in [3.8, 4) is 0 Å². The van der Waals surface area contributed by atoms with Gasteiger partial charge in [-0.1, -0.05) is 0 Å². The van der Waals surface area contributed by atoms with Crippen LogP contribution < -0.4 is 11.1 Å². The second kappa shape index (κ2) is 5.29. The van der Waals surface area contributed by atoms with Gasteiger partial charge in [0.25, 0.3) is 0 Å². The van der Waals surface area contributed by atoms with Crippen LogP contribution in [-0.2, 0) is 9.53 Å². The number of nitrogens with two attached hydrogens (primary N) is 1. The first-order chi connectivity index (χ1) is 6.65. The molecule has 2 unspecified atom stereocenters. The van der Waals surface area contributed by atoms with E-state index in [1.807, 2.05) is 7.05 Å². The zero-order valence-corrected chi connectivity index (χ0v) is 8.82. The van der Waals surface area contributed by atoms with Crippen LogP contribution >= 0.6 is 0 Å². The third-order valence-corrected chi connectivity index (χ3v) is 2.69. The Bertz CT molecular complexity index is 192. The summed E-state index contributed by atoms with van der Waals surface area (Å²) in [5.41, 5.74) is 5.23. The van der Waals surface area contributed by atoms with Crippen LogP contribution in [-0.4, -0.2) is 56.7 Å². The normalized spacial score (nSPS) is 24.1. The number of nitrogens with one attached hydrogen (secondary N) is 1. The second-order valence-electron chi connectivity index (χ2n) is 3.70. The zero-order chi connectivity index (χ0) is 10.6. The van der Waals surface area contributed by atoms with Gasteiger partial charge in [0.1, 0.15) is 0 Å². The van der Waals surface area contributed by atoms with E-state index in [4.69, 9.17) is 10.5 Å². The molecule has 0 aliphatic carbocycles. The van der Waals surface area contributed by atoms with Crippen LogP contribution in [0.4, 0.5) is 0 Å². The van der Waals surface area contributed by atoms with Crippen molar-refractivity contribution in [1.29, 1.82) is 0 Å². The smallest absolute Gasteiger partial charge is 0.235 e. The Morgan fingerprint density at radius 2 is 2.50 bits per heavy atom. The van der Waals surface area contributed by atoms with E-state index in [0.29, 0.717) is 12.6 Å². The van der Waals surface area contributed by atoms with Gasteiger partial charge in [-0.05, 0) is 20.5 Å². The van der Waals surface area contributed by atoms with Crippen molar-refractivity contribution < 1.29 is 9.53 Å². The molecule has 14 heavy (non-hydrogen) atoms. The molecule has 1 rings (SSSR count). The van der Waals surface area contributed by atoms with E-state index >= 15 is 0 Å². The SMILES string of the molecule is CNC(CN(C)C1CCOC1)C(N)=O. The molecule has 0 spiro atoms. The number of hydrogen-bond donors (Lipinski definition) is 2. The summed E-state index contributed by atoms with van der Waals surface area (Å²) < 4.78 is 5.28. The van der Waals surface area contributed by atoms with E-state index in [-0.39, 0.29) is 11.9 Å². The van der Waals surface area contributed by atoms with Gasteiger partial charge in [-0.15, -0.1) is 0 Å². The molecule has 1 aliphatic rings. The molecule has 5 heteroatoms. The quantitative estimate of drug-likeness (QED) is 0.585. The molecule has 1 aliphatic heterocycles. The first-order valence-corrected chi connectivity index (χ1v) is 4.89. The van der Waals surface area contributed by atoms with Crippen LogP contribution in [0, 0.1) is 0 Å². The van der Waals surface area contributed by atoms with Gasteiger partial charge in [0.2, 0.25) is 5.91 Å². The Hall–Kier alpha value is -0.650. The molecule has 1 fully saturated rings. The number of hydrogen-bond acceptors (Lipinski definition) is 4. The lowest BCUT2D eigenvalue weighted by Crippen LogP contribution is -2.49. The number of ether oxygens (including phenoxy) is 1. The molecule has 0 aromatic rings. The molecular weight excluding hydrogens is 182 g/mol. The summed E-state index contributed by atoms with van der Waals surface area (Å²) in [7, 11) is 3.74. The molecule has 1 heterocycles. The van der Waals surface area contributed by atoms with Gasteiger partial charge in [0.15, 0.2) is 0 Å². The van der Waals surface area contributed by atoms with Crippen LogP contribution in [0.25, 0.3) is 0 Å². The van der Waals surface area contributed by atoms with Crippen LogP contribution in [0.3, 0.4) is 0 Å². The Balaban J connectivity index is 2.37. The Morgan fingerprint density at radius 1 is 1.79 bits per heavy atom. The third kappa shape index (κ3) is 2.94. The highest BCUT2D eigenvalue weighted by molar-refractivity contribution is 5.80. The van der Waals surface area contributed by atoms with Gasteiger partial charge < -0.3 is 15.8 Å². The molecule has 5 nitrogen and oxygen atoms in total. The number of carbonyl (C=O) groups is 1. The summed E-state index contributed by atoms with van der Waals surface area (Å²) in [4.78, 5) is 13.1. The van der Waals surface area contributed by atoms with Gasteiger partial charge in [0, 0.05) is 19.2 Å². The maximum Gasteiger partial charge on any atom is 0.235 e. The Kier molecular flexibility index (Phi) is 4.31. The van der Waals surface area contributed by atoms with E-state index in [9.17, 15) is 4.79 Å². The Morgan fingerprint density at radius 3 is 2.93 bits per heavy atom. The average molecular weight is 201 g/mol. The molecule has 0 aromatic carbocycles. The summed E-state index contributed by atoms with van der Waals surface area (Å²) >= 11 is 0. The number of carbonyl (C=O) groups excluding carboxylic acids is 1. The van der Waals surface area contributed by atoms with Crippen molar-refractivity contribution in [2.24, 2.45) is 5.73 Å². The molecule has 1 saturated heterocycles. The van der Waals surface area contributed by atoms with E-state index in [0.717, 1.165) is 19.6 Å². The summed E-state index contributed by atoms with van der Waals surface area (Å²) in [6.45, 7) is 2.21. The number of likely N-dealkylation sites (N-methyl/N-ethyl adjacent to an activating group) is 2. The van der Waals surface area contributed by atoms with Crippen LogP contribution in [0.5, 0.6) is 0 Å². The average Bonchev–Trinajstić information content (AvgIpc) is 2.65. The van der Waals surface area contributed by atoms with Crippen LogP contribution in [0.15, 0.2) is 0 Å². The molecule has 0 radical (unpaired) electrons. The van der Waals surface area contributed by atoms with E-state index in [1.165, 1.54) is 0 Å². The largest absolute Gasteiger partial charge is 0.380 e. The summed E-state index contributed by atoms with van der Waals surface area (Å²) in [5.74, 6) is -0.307. The van der Waals surface area contributed by atoms with Crippen LogP contribution in [0.1, 0.15) is 6.42 Å². The summed E-state index contributed by atoms with van der Waals surface area (Å²) in [6, 6.07) is 0.144. The molecule has 0 aromatic heterocycles. The highest BCUT2D eigenvalue weighted by atomic mass is 16.5. The number of rotatable bonds is 5. The van der Waals surface area contributed by atoms with Crippen molar-refractivity contribution >= 4 is 5.91 Å². The molecule has 1 amide bonds. The standard InChI is InChI=1S/C9H19N3O2/c1-11-8(9(10)13)5-12(2)7-3-4-14-6-7/h7-8,11H,3-6H2,1-2H3,(H2,10,13). The van der Waals surface area contributed by atoms with Crippen molar-refractivity contribution in [3.05, 3.63) is 0 Å². The van der Waals surface area contributed by atoms with Gasteiger partial charge in [-0.2, -0.15) is 0 Å². The van der Waals surface area contributed by atoms with E-state index in [1.54, 1.807) is 7.05 Å². The monoisotopic (exact) mass is 201 g/mol. The van der Waals surface area contributed by atoms with Crippen molar-refractivity contribution in [2.45, 2.75) is 18.5 Å². The van der Waals surface area contributed by atoms with Crippen molar-refractivity contribution in [3.63, 3.8) is 0 Å². The fourth-order valence-electron chi connectivity index (χ4n) is 1.63. The minimum atomic E-state index is -0.307. The molecule has 82 valence electrons. The fourth-order valence-corrected chi connectivity index (χ4v) is 1.63. The summed E-state index contributed by atoms with van der Waals surface area (Å²) in [5, 5.41) is 2.90. The minimum absolute atomic E-state index is 0.277. The first kappa shape index (κ1) is 11.4. The Labute approximate surface area is 84.6 Å². The highest BCUT2D eigenvalue weighted by Crippen LogP contribution is 2.10. The summed E-state index contributed by atoms with van der Waals surface area (Å²) in [6.07, 6.45) is 1.03. The van der Waals surface area contributed by atoms with Gasteiger partial charge in [-0.3, -0.25) is 9.69 Å². The third-order valence-electron chi connectivity index (χ3n) is 2.69. The molecule has 3 N–H and O–H groups in total. The van der Waals surface area contributed by atoms with Gasteiger partial charge in [0.05, 0.1) is 12.6 Å². The molecule has 2 atom stereocenters. The van der Waals surface area contributed by atoms with E-state index < -0.39 is 0 Å². The maximum absolute atomic E-state index is 11.0. The zero-order valence-electron chi connectivity index (χ0n) is 8.82. The molecule has 0 bridgehead atoms. The number of primary amides is 1. The number of amides is 1. The topological polar surface area (TPSA) is 67.6 Å². The fraction of sp³-hybridized carbons (Fsp3) is 0.889. The molecule has 0 saturated carbocycles. The lowest BCUT2D eigenvalue weighted by Gasteiger charge is -2.26. The highest BCUT2D eigenvalue weighted by Gasteiger charge is 2.23. The number of nitrogens with zero attached hydrogens (tertiary/aromatic N) is 1. The lowest BCUT2D eigenvalue weighted by atomic mass is 10.2. The predicted molar refractivity (Wildman–Crippen MR) is 53.9 cm³/mol. The van der Waals surface area contributed by atoms with Gasteiger partial charge >= 0.3 is 0 Å². The van der Waals surface area contributed by atoms with E-state index in [2.05, 4.69) is 10.2 Å². The van der Waals surface area contributed by atoms with Crippen molar-refractivity contribution in [2.75, 3.05) is 33.9 Å². The second-order valence-corrected chi connectivity index (χ2v) is 3.70. The van der Waals surface area contributed by atoms with Gasteiger partial charge in [-0.25, -0.2) is 0 Å². The van der Waals surface area contributed by atoms with Crippen LogP contribution in [0.2, 0.25) is 0 Å². The maximum atomic E-state index is 11.0. The lowest BCUT2D eigenvalue weighted by molar-refractivity contribution is -0.120. The van der Waals surface area contributed by atoms with Crippen molar-refractivity contribution in [1.82, 2.24) is 10.2 Å². The predicted octanol–water partition coefficient (Wildman–Crippen LogP) is -1.22. The minimum Gasteiger partial charge on any atom is -0.380 e.